The minimum atomic E-state index is -3.06. The third-order valence-electron chi connectivity index (χ3n) is 2.84. The van der Waals surface area contributed by atoms with E-state index in [1.54, 1.807) is 12.3 Å². The highest BCUT2D eigenvalue weighted by Crippen LogP contribution is 2.11. The molecule has 1 aromatic carbocycles. The predicted octanol–water partition coefficient (Wildman–Crippen LogP) is 1.35. The van der Waals surface area contributed by atoms with Gasteiger partial charge in [0, 0.05) is 24.4 Å². The zero-order valence-corrected chi connectivity index (χ0v) is 11.2. The monoisotopic (exact) mass is 265 g/mol. The number of hydrogen-bond acceptors (Lipinski definition) is 3. The number of sulfone groups is 1. The Bertz CT molecular complexity index is 744. The fourth-order valence-corrected chi connectivity index (χ4v) is 2.38. The molecule has 0 aliphatic carbocycles. The summed E-state index contributed by atoms with van der Waals surface area (Å²) in [4.78, 5) is 12.1. The van der Waals surface area contributed by atoms with Gasteiger partial charge in [-0.05, 0) is 24.4 Å². The number of fused-ring (bicyclic) bond motifs is 1. The Morgan fingerprint density at radius 2 is 1.94 bits per heavy atom. The highest BCUT2D eigenvalue weighted by molar-refractivity contribution is 7.90. The van der Waals surface area contributed by atoms with Crippen LogP contribution in [0.4, 0.5) is 0 Å². The van der Waals surface area contributed by atoms with Crippen molar-refractivity contribution in [2.75, 3.05) is 12.0 Å². The Labute approximate surface area is 106 Å². The van der Waals surface area contributed by atoms with Crippen molar-refractivity contribution in [2.24, 2.45) is 0 Å². The summed E-state index contributed by atoms with van der Waals surface area (Å²) in [6, 6.07) is 7.44. The summed E-state index contributed by atoms with van der Waals surface area (Å²) in [6.07, 6.45) is 2.82. The first kappa shape index (κ1) is 12.8. The molecule has 0 N–H and O–H groups in total. The Kier molecular flexibility index (Phi) is 3.26. The lowest BCUT2D eigenvalue weighted by atomic mass is 10.1. The number of pyridine rings is 1. The maximum Gasteiger partial charge on any atom is 0.258 e. The van der Waals surface area contributed by atoms with Crippen molar-refractivity contribution in [3.8, 4) is 0 Å². The summed E-state index contributed by atoms with van der Waals surface area (Å²) in [7, 11) is -3.06. The smallest absolute Gasteiger partial charge is 0.258 e. The Morgan fingerprint density at radius 1 is 1.22 bits per heavy atom. The van der Waals surface area contributed by atoms with Gasteiger partial charge in [-0.3, -0.25) is 4.79 Å². The first-order chi connectivity index (χ1) is 8.37. The normalized spacial score (nSPS) is 11.9. The molecule has 2 aromatic rings. The molecule has 18 heavy (non-hydrogen) atoms. The average Bonchev–Trinajstić information content (AvgIpc) is 2.26. The van der Waals surface area contributed by atoms with Crippen LogP contribution >= 0.6 is 0 Å². The second-order valence-electron chi connectivity index (χ2n) is 4.53. The maximum atomic E-state index is 12.1. The molecule has 0 fully saturated rings. The van der Waals surface area contributed by atoms with Crippen LogP contribution in [-0.2, 0) is 16.4 Å². The van der Waals surface area contributed by atoms with Gasteiger partial charge in [-0.15, -0.1) is 0 Å². The molecular weight excluding hydrogens is 250 g/mol. The van der Waals surface area contributed by atoms with Crippen LogP contribution in [0, 0.1) is 6.92 Å². The van der Waals surface area contributed by atoms with Gasteiger partial charge in [0.2, 0.25) is 0 Å². The van der Waals surface area contributed by atoms with E-state index in [1.807, 2.05) is 25.1 Å². The highest BCUT2D eigenvalue weighted by atomic mass is 32.2. The van der Waals surface area contributed by atoms with Crippen molar-refractivity contribution in [1.29, 1.82) is 0 Å². The van der Waals surface area contributed by atoms with E-state index in [2.05, 4.69) is 0 Å². The molecule has 0 unspecified atom stereocenters. The molecule has 1 aromatic heterocycles. The molecule has 0 radical (unpaired) electrons. The lowest BCUT2D eigenvalue weighted by Crippen LogP contribution is -2.23. The number of aromatic nitrogens is 1. The van der Waals surface area contributed by atoms with Gasteiger partial charge in [-0.1, -0.05) is 17.7 Å². The molecule has 5 heteroatoms. The Morgan fingerprint density at radius 3 is 2.61 bits per heavy atom. The van der Waals surface area contributed by atoms with E-state index < -0.39 is 9.84 Å². The van der Waals surface area contributed by atoms with Gasteiger partial charge < -0.3 is 4.57 Å². The van der Waals surface area contributed by atoms with Crippen molar-refractivity contribution in [1.82, 2.24) is 4.57 Å². The van der Waals surface area contributed by atoms with Crippen molar-refractivity contribution in [3.63, 3.8) is 0 Å². The third-order valence-corrected chi connectivity index (χ3v) is 3.76. The number of nitrogens with zero attached hydrogens (tertiary/aromatic N) is 1. The quantitative estimate of drug-likeness (QED) is 0.842. The van der Waals surface area contributed by atoms with Gasteiger partial charge in [-0.2, -0.15) is 0 Å². The molecular formula is C13H15NO3S. The molecule has 1 heterocycles. The molecule has 0 bridgehead atoms. The number of rotatable bonds is 3. The van der Waals surface area contributed by atoms with Gasteiger partial charge in [0.1, 0.15) is 9.84 Å². The summed E-state index contributed by atoms with van der Waals surface area (Å²) >= 11 is 0. The Hall–Kier alpha value is -1.62. The topological polar surface area (TPSA) is 56.1 Å². The predicted molar refractivity (Wildman–Crippen MR) is 72.7 cm³/mol. The molecule has 96 valence electrons. The number of aryl methyl sites for hydroxylation is 2. The number of benzene rings is 1. The molecule has 0 aliphatic heterocycles. The van der Waals surface area contributed by atoms with Crippen LogP contribution in [0.15, 0.2) is 35.3 Å². The fourth-order valence-electron chi connectivity index (χ4n) is 1.85. The first-order valence-electron chi connectivity index (χ1n) is 5.64. The highest BCUT2D eigenvalue weighted by Gasteiger charge is 2.06. The maximum absolute atomic E-state index is 12.1. The molecule has 0 saturated heterocycles. The van der Waals surface area contributed by atoms with Crippen LogP contribution < -0.4 is 5.56 Å². The van der Waals surface area contributed by atoms with Gasteiger partial charge in [0.25, 0.3) is 5.56 Å². The van der Waals surface area contributed by atoms with E-state index in [1.165, 1.54) is 10.8 Å². The van der Waals surface area contributed by atoms with Crippen LogP contribution in [0.1, 0.15) is 5.56 Å². The average molecular weight is 265 g/mol. The van der Waals surface area contributed by atoms with Crippen LogP contribution in [-0.4, -0.2) is 25.0 Å². The van der Waals surface area contributed by atoms with Gasteiger partial charge in [0.15, 0.2) is 0 Å². The molecule has 0 aliphatic rings. The minimum absolute atomic E-state index is 0.0235. The molecule has 0 amide bonds. The van der Waals surface area contributed by atoms with E-state index in [9.17, 15) is 13.2 Å². The summed E-state index contributed by atoms with van der Waals surface area (Å²) in [5.74, 6) is -0.0235. The van der Waals surface area contributed by atoms with Crippen LogP contribution in [0.3, 0.4) is 0 Å². The zero-order valence-electron chi connectivity index (χ0n) is 10.4. The van der Waals surface area contributed by atoms with Crippen molar-refractivity contribution >= 4 is 20.6 Å². The van der Waals surface area contributed by atoms with E-state index >= 15 is 0 Å². The van der Waals surface area contributed by atoms with E-state index in [0.717, 1.165) is 10.9 Å². The lowest BCUT2D eigenvalue weighted by molar-refractivity contribution is 0.593. The van der Waals surface area contributed by atoms with Crippen LogP contribution in [0.5, 0.6) is 0 Å². The molecule has 4 nitrogen and oxygen atoms in total. The molecule has 0 spiro atoms. The first-order valence-corrected chi connectivity index (χ1v) is 7.70. The largest absolute Gasteiger partial charge is 0.314 e. The van der Waals surface area contributed by atoms with Crippen LogP contribution in [0.2, 0.25) is 0 Å². The lowest BCUT2D eigenvalue weighted by Gasteiger charge is -2.06. The fraction of sp³-hybridized carbons (Fsp3) is 0.308. The van der Waals surface area contributed by atoms with E-state index in [4.69, 9.17) is 0 Å². The standard InChI is InChI=1S/C13H15NO3S/c1-10-3-4-12-11(9-10)5-6-14(13(12)15)7-8-18(2,16)17/h3-6,9H,7-8H2,1-2H3. The third kappa shape index (κ3) is 2.79. The minimum Gasteiger partial charge on any atom is -0.314 e. The second kappa shape index (κ2) is 4.57. The van der Waals surface area contributed by atoms with Gasteiger partial charge in [0.05, 0.1) is 5.75 Å². The molecule has 0 atom stereocenters. The Balaban J connectivity index is 2.46. The zero-order chi connectivity index (χ0) is 13.3. The van der Waals surface area contributed by atoms with E-state index in [-0.39, 0.29) is 17.9 Å². The van der Waals surface area contributed by atoms with Gasteiger partial charge in [-0.25, -0.2) is 8.42 Å². The van der Waals surface area contributed by atoms with Crippen molar-refractivity contribution in [3.05, 3.63) is 46.4 Å². The summed E-state index contributed by atoms with van der Waals surface area (Å²) in [5.41, 5.74) is 0.951. The summed E-state index contributed by atoms with van der Waals surface area (Å²) < 4.78 is 23.7. The van der Waals surface area contributed by atoms with Crippen LogP contribution in [0.25, 0.3) is 10.8 Å². The van der Waals surface area contributed by atoms with E-state index in [0.29, 0.717) is 5.39 Å². The summed E-state index contributed by atoms with van der Waals surface area (Å²) in [6.45, 7) is 2.16. The second-order valence-corrected chi connectivity index (χ2v) is 6.79. The SMILES string of the molecule is Cc1ccc2c(=O)n(CCS(C)(=O)=O)ccc2c1. The number of hydrogen-bond donors (Lipinski definition) is 0. The van der Waals surface area contributed by atoms with Crippen molar-refractivity contribution < 1.29 is 8.42 Å². The molecule has 2 rings (SSSR count). The van der Waals surface area contributed by atoms with Gasteiger partial charge >= 0.3 is 0 Å². The summed E-state index contributed by atoms with van der Waals surface area (Å²) in [5, 5.41) is 1.51. The van der Waals surface area contributed by atoms with Crippen molar-refractivity contribution in [2.45, 2.75) is 13.5 Å². The molecule has 0 saturated carbocycles.